The van der Waals surface area contributed by atoms with E-state index >= 15 is 0 Å². The van der Waals surface area contributed by atoms with Crippen molar-refractivity contribution in [3.8, 4) is 0 Å². The summed E-state index contributed by atoms with van der Waals surface area (Å²) in [6, 6.07) is 0.626. The van der Waals surface area contributed by atoms with Crippen LogP contribution in [0.3, 0.4) is 0 Å². The van der Waals surface area contributed by atoms with Crippen LogP contribution < -0.4 is 11.1 Å². The van der Waals surface area contributed by atoms with Gasteiger partial charge in [-0.25, -0.2) is 0 Å². The first-order chi connectivity index (χ1) is 6.60. The third kappa shape index (κ3) is 1.61. The van der Waals surface area contributed by atoms with E-state index in [1.54, 1.807) is 0 Å². The lowest BCUT2D eigenvalue weighted by Gasteiger charge is -2.39. The van der Waals surface area contributed by atoms with Crippen LogP contribution >= 0.6 is 0 Å². The second-order valence-corrected chi connectivity index (χ2v) is 5.38. The van der Waals surface area contributed by atoms with E-state index in [9.17, 15) is 0 Å². The summed E-state index contributed by atoms with van der Waals surface area (Å²) in [4.78, 5) is 0. The van der Waals surface area contributed by atoms with Crippen molar-refractivity contribution in [3.63, 3.8) is 0 Å². The molecule has 2 heteroatoms. The standard InChI is InChI=1S/C12H22N2/c1-11(7-8-11)12(2,9-13)14-10-5-3-4-6-10/h3-4,10,14H,5-9,13H2,1-2H3. The Morgan fingerprint density at radius 2 is 2.00 bits per heavy atom. The van der Waals surface area contributed by atoms with E-state index in [0.29, 0.717) is 11.5 Å². The van der Waals surface area contributed by atoms with E-state index in [1.165, 1.54) is 25.7 Å². The first-order valence-corrected chi connectivity index (χ1v) is 5.72. The summed E-state index contributed by atoms with van der Waals surface area (Å²) in [5.74, 6) is 0. The largest absolute Gasteiger partial charge is 0.329 e. The molecule has 0 aromatic heterocycles. The van der Waals surface area contributed by atoms with Crippen LogP contribution in [-0.2, 0) is 0 Å². The summed E-state index contributed by atoms with van der Waals surface area (Å²) in [5, 5.41) is 3.76. The maximum atomic E-state index is 5.93. The van der Waals surface area contributed by atoms with Crippen LogP contribution in [0.4, 0.5) is 0 Å². The summed E-state index contributed by atoms with van der Waals surface area (Å²) in [6.07, 6.45) is 9.53. The predicted octanol–water partition coefficient (Wildman–Crippen LogP) is 1.81. The van der Waals surface area contributed by atoms with Gasteiger partial charge >= 0.3 is 0 Å². The van der Waals surface area contributed by atoms with E-state index in [1.807, 2.05) is 0 Å². The summed E-state index contributed by atoms with van der Waals surface area (Å²) in [6.45, 7) is 5.40. The lowest BCUT2D eigenvalue weighted by atomic mass is 9.83. The molecular weight excluding hydrogens is 172 g/mol. The second kappa shape index (κ2) is 3.35. The minimum atomic E-state index is 0.143. The average molecular weight is 194 g/mol. The molecule has 1 atom stereocenters. The Bertz CT molecular complexity index is 235. The molecule has 0 aromatic rings. The van der Waals surface area contributed by atoms with Gasteiger partial charge in [0.05, 0.1) is 0 Å². The summed E-state index contributed by atoms with van der Waals surface area (Å²) < 4.78 is 0. The minimum Gasteiger partial charge on any atom is -0.329 e. The summed E-state index contributed by atoms with van der Waals surface area (Å²) in [5.41, 5.74) is 6.52. The molecule has 2 aliphatic carbocycles. The fourth-order valence-electron chi connectivity index (χ4n) is 2.40. The molecule has 1 unspecified atom stereocenters. The van der Waals surface area contributed by atoms with Crippen molar-refractivity contribution < 1.29 is 0 Å². The van der Waals surface area contributed by atoms with Crippen LogP contribution in [0.5, 0.6) is 0 Å². The molecule has 0 radical (unpaired) electrons. The topological polar surface area (TPSA) is 38.0 Å². The van der Waals surface area contributed by atoms with Gasteiger partial charge in [0.2, 0.25) is 0 Å². The monoisotopic (exact) mass is 194 g/mol. The zero-order chi connectivity index (χ0) is 10.2. The molecule has 14 heavy (non-hydrogen) atoms. The Balaban J connectivity index is 1.98. The van der Waals surface area contributed by atoms with Gasteiger partial charge in [0.25, 0.3) is 0 Å². The number of rotatable bonds is 4. The van der Waals surface area contributed by atoms with Gasteiger partial charge in [-0.2, -0.15) is 0 Å². The van der Waals surface area contributed by atoms with E-state index in [4.69, 9.17) is 5.73 Å². The first kappa shape index (κ1) is 10.2. The van der Waals surface area contributed by atoms with Gasteiger partial charge in [0.15, 0.2) is 0 Å². The van der Waals surface area contributed by atoms with Gasteiger partial charge in [-0.15, -0.1) is 0 Å². The van der Waals surface area contributed by atoms with Crippen LogP contribution in [0.15, 0.2) is 12.2 Å². The normalized spacial score (nSPS) is 29.1. The molecule has 80 valence electrons. The molecule has 2 nitrogen and oxygen atoms in total. The Labute approximate surface area is 86.9 Å². The summed E-state index contributed by atoms with van der Waals surface area (Å²) in [7, 11) is 0. The van der Waals surface area contributed by atoms with Gasteiger partial charge in [0.1, 0.15) is 0 Å². The van der Waals surface area contributed by atoms with E-state index in [2.05, 4.69) is 31.3 Å². The highest BCUT2D eigenvalue weighted by Crippen LogP contribution is 2.53. The second-order valence-electron chi connectivity index (χ2n) is 5.38. The molecule has 1 saturated carbocycles. The number of nitrogens with two attached hydrogens (primary N) is 1. The lowest BCUT2D eigenvalue weighted by molar-refractivity contribution is 0.208. The number of nitrogens with one attached hydrogen (secondary N) is 1. The van der Waals surface area contributed by atoms with Gasteiger partial charge in [-0.3, -0.25) is 0 Å². The highest BCUT2D eigenvalue weighted by molar-refractivity contribution is 5.11. The molecule has 0 amide bonds. The van der Waals surface area contributed by atoms with Crippen molar-refractivity contribution in [1.29, 1.82) is 0 Å². The maximum Gasteiger partial charge on any atom is 0.0332 e. The molecule has 2 aliphatic rings. The smallest absolute Gasteiger partial charge is 0.0332 e. The van der Waals surface area contributed by atoms with Gasteiger partial charge < -0.3 is 11.1 Å². The number of hydrogen-bond donors (Lipinski definition) is 2. The fourth-order valence-corrected chi connectivity index (χ4v) is 2.40. The molecule has 0 bridgehead atoms. The molecule has 3 N–H and O–H groups in total. The van der Waals surface area contributed by atoms with Crippen molar-refractivity contribution in [2.75, 3.05) is 6.54 Å². The van der Waals surface area contributed by atoms with Crippen molar-refractivity contribution in [2.24, 2.45) is 11.1 Å². The molecular formula is C12H22N2. The molecule has 0 aliphatic heterocycles. The van der Waals surface area contributed by atoms with Crippen LogP contribution in [-0.4, -0.2) is 18.1 Å². The molecule has 0 aromatic carbocycles. The van der Waals surface area contributed by atoms with Crippen molar-refractivity contribution >= 4 is 0 Å². The lowest BCUT2D eigenvalue weighted by Crippen LogP contribution is -2.57. The third-order valence-corrected chi connectivity index (χ3v) is 4.27. The SMILES string of the molecule is CC1(C(C)(CN)NC2CC=CC2)CC1. The van der Waals surface area contributed by atoms with E-state index in [0.717, 1.165) is 6.54 Å². The molecule has 0 saturated heterocycles. The van der Waals surface area contributed by atoms with Gasteiger partial charge in [-0.1, -0.05) is 19.1 Å². The van der Waals surface area contributed by atoms with Crippen LogP contribution in [0.2, 0.25) is 0 Å². The van der Waals surface area contributed by atoms with Crippen LogP contribution in [0.1, 0.15) is 39.5 Å². The number of hydrogen-bond acceptors (Lipinski definition) is 2. The molecule has 2 rings (SSSR count). The van der Waals surface area contributed by atoms with E-state index < -0.39 is 0 Å². The van der Waals surface area contributed by atoms with Crippen molar-refractivity contribution in [3.05, 3.63) is 12.2 Å². The molecule has 0 spiro atoms. The first-order valence-electron chi connectivity index (χ1n) is 5.72. The highest BCUT2D eigenvalue weighted by atomic mass is 15.1. The van der Waals surface area contributed by atoms with Crippen molar-refractivity contribution in [2.45, 2.75) is 51.1 Å². The van der Waals surface area contributed by atoms with E-state index in [-0.39, 0.29) is 5.54 Å². The van der Waals surface area contributed by atoms with Gasteiger partial charge in [-0.05, 0) is 38.0 Å². The molecule has 1 fully saturated rings. The quantitative estimate of drug-likeness (QED) is 0.670. The third-order valence-electron chi connectivity index (χ3n) is 4.27. The minimum absolute atomic E-state index is 0.143. The highest BCUT2D eigenvalue weighted by Gasteiger charge is 2.52. The predicted molar refractivity (Wildman–Crippen MR) is 60.1 cm³/mol. The Morgan fingerprint density at radius 1 is 1.43 bits per heavy atom. The fraction of sp³-hybridized carbons (Fsp3) is 0.833. The van der Waals surface area contributed by atoms with Gasteiger partial charge in [0, 0.05) is 18.1 Å². The maximum absolute atomic E-state index is 5.93. The molecule has 0 heterocycles. The Morgan fingerprint density at radius 3 is 2.43 bits per heavy atom. The Kier molecular flexibility index (Phi) is 2.44. The van der Waals surface area contributed by atoms with Crippen LogP contribution in [0, 0.1) is 5.41 Å². The van der Waals surface area contributed by atoms with Crippen molar-refractivity contribution in [1.82, 2.24) is 5.32 Å². The zero-order valence-corrected chi connectivity index (χ0v) is 9.34. The van der Waals surface area contributed by atoms with Crippen LogP contribution in [0.25, 0.3) is 0 Å². The summed E-state index contributed by atoms with van der Waals surface area (Å²) >= 11 is 0. The Hall–Kier alpha value is -0.340. The average Bonchev–Trinajstić information content (AvgIpc) is 2.74. The zero-order valence-electron chi connectivity index (χ0n) is 9.34.